The summed E-state index contributed by atoms with van der Waals surface area (Å²) in [6.45, 7) is 1.59. The number of carbonyl (C=O) groups is 1. The van der Waals surface area contributed by atoms with Crippen molar-refractivity contribution in [1.82, 2.24) is 0 Å². The highest BCUT2D eigenvalue weighted by Gasteiger charge is 2.31. The van der Waals surface area contributed by atoms with Crippen LogP contribution in [0, 0.1) is 17.8 Å². The molecule has 1 atom stereocenters. The van der Waals surface area contributed by atoms with Gasteiger partial charge in [-0.05, 0) is 19.1 Å². The van der Waals surface area contributed by atoms with Gasteiger partial charge in [-0.2, -0.15) is 0 Å². The van der Waals surface area contributed by atoms with Gasteiger partial charge in [0.2, 0.25) is 6.23 Å². The number of hydrogen-bond acceptors (Lipinski definition) is 3. The first-order chi connectivity index (χ1) is 7.63. The fraction of sp³-hybridized carbons (Fsp3) is 0.182. The molecule has 5 heteroatoms. The van der Waals surface area contributed by atoms with Crippen LogP contribution in [0.4, 0.5) is 10.1 Å². The number of amides is 1. The summed E-state index contributed by atoms with van der Waals surface area (Å²) in [6.07, 6.45) is -1.14. The second-order valence-corrected chi connectivity index (χ2v) is 3.19. The number of carbonyl (C=O) groups excluding carboxylic acids is 1. The normalized spacial score (nSPS) is 18.3. The Balaban J connectivity index is 2.55. The summed E-state index contributed by atoms with van der Waals surface area (Å²) >= 11 is 0. The van der Waals surface area contributed by atoms with E-state index in [0.29, 0.717) is 5.69 Å². The number of anilines is 1. The number of rotatable bonds is 0. The van der Waals surface area contributed by atoms with Crippen LogP contribution < -0.4 is 15.4 Å². The predicted molar refractivity (Wildman–Crippen MR) is 55.9 cm³/mol. The number of nitrogens with zero attached hydrogens (tertiary/aromatic N) is 1. The van der Waals surface area contributed by atoms with Crippen molar-refractivity contribution in [3.8, 4) is 17.7 Å². The third-order valence-electron chi connectivity index (χ3n) is 2.10. The summed E-state index contributed by atoms with van der Waals surface area (Å²) in [6, 6.07) is 6.43. The molecule has 2 N–H and O–H groups in total. The molecule has 0 saturated carbocycles. The Labute approximate surface area is 91.8 Å². The summed E-state index contributed by atoms with van der Waals surface area (Å²) in [5, 5.41) is 0. The van der Waals surface area contributed by atoms with E-state index < -0.39 is 18.0 Å². The third-order valence-corrected chi connectivity index (χ3v) is 2.10. The van der Waals surface area contributed by atoms with E-state index in [1.807, 2.05) is 0 Å². The fourth-order valence-corrected chi connectivity index (χ4v) is 1.43. The zero-order chi connectivity index (χ0) is 11.7. The van der Waals surface area contributed by atoms with Crippen LogP contribution in [0.3, 0.4) is 0 Å². The molecule has 0 saturated heterocycles. The molecule has 0 fully saturated rings. The number of ether oxygens (including phenoxy) is 1. The van der Waals surface area contributed by atoms with Crippen molar-refractivity contribution >= 4 is 11.6 Å². The Kier molecular flexibility index (Phi) is 2.50. The van der Waals surface area contributed by atoms with Crippen LogP contribution in [0.15, 0.2) is 18.2 Å². The van der Waals surface area contributed by atoms with Gasteiger partial charge in [0.05, 0.1) is 5.69 Å². The van der Waals surface area contributed by atoms with Crippen molar-refractivity contribution in [1.29, 1.82) is 0 Å². The van der Waals surface area contributed by atoms with Gasteiger partial charge in [0, 0.05) is 12.1 Å². The molecule has 1 amide bonds. The van der Waals surface area contributed by atoms with Gasteiger partial charge in [0.1, 0.15) is 11.6 Å². The van der Waals surface area contributed by atoms with E-state index in [1.165, 1.54) is 23.1 Å². The van der Waals surface area contributed by atoms with Gasteiger partial charge in [0.15, 0.2) is 0 Å². The predicted octanol–water partition coefficient (Wildman–Crippen LogP) is 0.817. The van der Waals surface area contributed by atoms with Crippen molar-refractivity contribution < 1.29 is 13.9 Å². The highest BCUT2D eigenvalue weighted by Crippen LogP contribution is 2.33. The van der Waals surface area contributed by atoms with Crippen LogP contribution in [0.2, 0.25) is 0 Å². The minimum atomic E-state index is -1.14. The molecule has 1 aliphatic heterocycles. The maximum atomic E-state index is 13.0. The molecule has 1 aromatic carbocycles. The zero-order valence-electron chi connectivity index (χ0n) is 8.53. The maximum absolute atomic E-state index is 13.0. The average Bonchev–Trinajstić information content (AvgIpc) is 2.24. The highest BCUT2D eigenvalue weighted by atomic mass is 19.1. The molecule has 2 rings (SSSR count). The lowest BCUT2D eigenvalue weighted by atomic mass is 10.2. The second kappa shape index (κ2) is 3.83. The zero-order valence-corrected chi connectivity index (χ0v) is 8.53. The second-order valence-electron chi connectivity index (χ2n) is 3.19. The van der Waals surface area contributed by atoms with Crippen LogP contribution in [-0.2, 0) is 4.79 Å². The van der Waals surface area contributed by atoms with Crippen molar-refractivity contribution in [3.63, 3.8) is 0 Å². The van der Waals surface area contributed by atoms with E-state index in [4.69, 9.17) is 10.5 Å². The Hall–Kier alpha value is -2.06. The van der Waals surface area contributed by atoms with Crippen LogP contribution in [-0.4, -0.2) is 12.1 Å². The van der Waals surface area contributed by atoms with E-state index >= 15 is 0 Å². The third kappa shape index (κ3) is 1.59. The SMILES string of the molecule is CC#CN1C(=O)C(N)Oc2cc(F)ccc21. The summed E-state index contributed by atoms with van der Waals surface area (Å²) in [5.74, 6) is 1.89. The minimum Gasteiger partial charge on any atom is -0.464 e. The molecule has 0 bridgehead atoms. The van der Waals surface area contributed by atoms with E-state index in [-0.39, 0.29) is 5.75 Å². The monoisotopic (exact) mass is 220 g/mol. The van der Waals surface area contributed by atoms with Gasteiger partial charge in [-0.25, -0.2) is 9.29 Å². The van der Waals surface area contributed by atoms with Gasteiger partial charge in [-0.1, -0.05) is 5.92 Å². The molecule has 1 aromatic rings. The molecule has 0 radical (unpaired) electrons. The number of fused-ring (bicyclic) bond motifs is 1. The fourth-order valence-electron chi connectivity index (χ4n) is 1.43. The lowest BCUT2D eigenvalue weighted by Crippen LogP contribution is -2.48. The number of halogens is 1. The van der Waals surface area contributed by atoms with E-state index in [0.717, 1.165) is 0 Å². The van der Waals surface area contributed by atoms with Gasteiger partial charge in [0.25, 0.3) is 5.91 Å². The van der Waals surface area contributed by atoms with Gasteiger partial charge in [-0.15, -0.1) is 0 Å². The number of benzene rings is 1. The minimum absolute atomic E-state index is 0.217. The molecule has 16 heavy (non-hydrogen) atoms. The summed E-state index contributed by atoms with van der Waals surface area (Å²) in [5.41, 5.74) is 5.87. The van der Waals surface area contributed by atoms with Gasteiger partial charge >= 0.3 is 0 Å². The van der Waals surface area contributed by atoms with Crippen LogP contribution in [0.25, 0.3) is 0 Å². The first-order valence-electron chi connectivity index (χ1n) is 4.61. The van der Waals surface area contributed by atoms with E-state index in [2.05, 4.69) is 12.0 Å². The summed E-state index contributed by atoms with van der Waals surface area (Å²) < 4.78 is 18.1. The van der Waals surface area contributed by atoms with Crippen molar-refractivity contribution in [2.75, 3.05) is 4.90 Å². The van der Waals surface area contributed by atoms with Crippen LogP contribution in [0.5, 0.6) is 5.75 Å². The first kappa shape index (κ1) is 10.5. The highest BCUT2D eigenvalue weighted by molar-refractivity contribution is 6.02. The van der Waals surface area contributed by atoms with E-state index in [1.54, 1.807) is 6.92 Å². The molecule has 82 valence electrons. The molecular weight excluding hydrogens is 211 g/mol. The van der Waals surface area contributed by atoms with Crippen LogP contribution in [0.1, 0.15) is 6.92 Å². The Morgan fingerprint density at radius 2 is 2.31 bits per heavy atom. The summed E-state index contributed by atoms with van der Waals surface area (Å²) in [7, 11) is 0. The first-order valence-corrected chi connectivity index (χ1v) is 4.61. The summed E-state index contributed by atoms with van der Waals surface area (Å²) in [4.78, 5) is 12.8. The molecule has 4 nitrogen and oxygen atoms in total. The molecule has 1 heterocycles. The van der Waals surface area contributed by atoms with Crippen molar-refractivity contribution in [2.24, 2.45) is 5.73 Å². The Morgan fingerprint density at radius 3 is 3.00 bits per heavy atom. The van der Waals surface area contributed by atoms with E-state index in [9.17, 15) is 9.18 Å². The Bertz CT molecular complexity index is 504. The average molecular weight is 220 g/mol. The van der Waals surface area contributed by atoms with Crippen LogP contribution >= 0.6 is 0 Å². The quantitative estimate of drug-likeness (QED) is 0.658. The largest absolute Gasteiger partial charge is 0.464 e. The molecule has 0 aromatic heterocycles. The number of hydrogen-bond donors (Lipinski definition) is 1. The molecule has 0 spiro atoms. The molecule has 1 unspecified atom stereocenters. The Morgan fingerprint density at radius 1 is 1.56 bits per heavy atom. The lowest BCUT2D eigenvalue weighted by molar-refractivity contribution is -0.125. The van der Waals surface area contributed by atoms with Gasteiger partial charge in [-0.3, -0.25) is 10.5 Å². The van der Waals surface area contributed by atoms with Crippen molar-refractivity contribution in [3.05, 3.63) is 24.0 Å². The molecule has 1 aliphatic rings. The number of nitrogens with two attached hydrogens (primary N) is 1. The maximum Gasteiger partial charge on any atom is 0.295 e. The smallest absolute Gasteiger partial charge is 0.295 e. The molecular formula is C11H9FN2O2. The van der Waals surface area contributed by atoms with Gasteiger partial charge < -0.3 is 4.74 Å². The molecule has 0 aliphatic carbocycles. The van der Waals surface area contributed by atoms with Crippen molar-refractivity contribution in [2.45, 2.75) is 13.2 Å². The lowest BCUT2D eigenvalue weighted by Gasteiger charge is -2.28. The topological polar surface area (TPSA) is 55.6 Å². The standard InChI is InChI=1S/C11H9FN2O2/c1-2-5-14-8-4-3-7(12)6-9(8)16-10(13)11(14)15/h3-4,6,10H,13H2,1H3.